The first-order valence-electron chi connectivity index (χ1n) is 6.96. The Kier molecular flexibility index (Phi) is 4.39. The molecule has 0 aromatic carbocycles. The molecule has 1 aromatic heterocycles. The zero-order valence-electron chi connectivity index (χ0n) is 11.4. The number of hydrogen-bond acceptors (Lipinski definition) is 4. The van der Waals surface area contributed by atoms with Gasteiger partial charge in [-0.1, -0.05) is 26.2 Å². The molecule has 0 bridgehead atoms. The van der Waals surface area contributed by atoms with E-state index in [0.29, 0.717) is 11.7 Å². The van der Waals surface area contributed by atoms with Crippen LogP contribution in [0.4, 0.5) is 5.82 Å². The van der Waals surface area contributed by atoms with Gasteiger partial charge in [0.1, 0.15) is 11.6 Å². The van der Waals surface area contributed by atoms with E-state index in [1.54, 1.807) is 0 Å². The molecule has 2 N–H and O–H groups in total. The Morgan fingerprint density at radius 1 is 1.33 bits per heavy atom. The van der Waals surface area contributed by atoms with E-state index in [1.165, 1.54) is 19.3 Å². The van der Waals surface area contributed by atoms with Crippen LogP contribution < -0.4 is 10.5 Å². The van der Waals surface area contributed by atoms with Crippen molar-refractivity contribution in [3.63, 3.8) is 0 Å². The van der Waals surface area contributed by atoms with Gasteiger partial charge in [-0.05, 0) is 25.7 Å². The Hall–Kier alpha value is -1.32. The fourth-order valence-corrected chi connectivity index (χ4v) is 2.14. The molecule has 100 valence electrons. The van der Waals surface area contributed by atoms with Crippen LogP contribution in [0, 0.1) is 12.8 Å². The van der Waals surface area contributed by atoms with Crippen LogP contribution in [-0.4, -0.2) is 16.6 Å². The fraction of sp³-hybridized carbons (Fsp3) is 0.714. The van der Waals surface area contributed by atoms with Crippen molar-refractivity contribution in [1.82, 2.24) is 9.97 Å². The molecule has 4 nitrogen and oxygen atoms in total. The number of anilines is 1. The van der Waals surface area contributed by atoms with Crippen LogP contribution >= 0.6 is 0 Å². The first kappa shape index (κ1) is 13.1. The summed E-state index contributed by atoms with van der Waals surface area (Å²) in [6.07, 6.45) is 7.09. The molecule has 1 aliphatic carbocycles. The summed E-state index contributed by atoms with van der Waals surface area (Å²) in [6.45, 7) is 4.77. The van der Waals surface area contributed by atoms with E-state index in [-0.39, 0.29) is 0 Å². The van der Waals surface area contributed by atoms with Crippen LogP contribution in [0.5, 0.6) is 5.88 Å². The Bertz CT molecular complexity index is 402. The lowest BCUT2D eigenvalue weighted by Gasteiger charge is -2.25. The van der Waals surface area contributed by atoms with Crippen molar-refractivity contribution in [2.75, 3.05) is 12.3 Å². The van der Waals surface area contributed by atoms with Crippen molar-refractivity contribution >= 4 is 5.82 Å². The number of nitrogens with two attached hydrogens (primary N) is 1. The highest BCUT2D eigenvalue weighted by molar-refractivity contribution is 5.44. The fourth-order valence-electron chi connectivity index (χ4n) is 2.14. The minimum atomic E-state index is 0.548. The molecule has 0 spiro atoms. The van der Waals surface area contributed by atoms with E-state index < -0.39 is 0 Å². The SMILES string of the molecule is CCCc1nc(N)c(C)c(OCCC2CCC2)n1. The van der Waals surface area contributed by atoms with Gasteiger partial charge in [-0.2, -0.15) is 4.98 Å². The van der Waals surface area contributed by atoms with E-state index in [0.717, 1.165) is 43.2 Å². The van der Waals surface area contributed by atoms with Gasteiger partial charge in [0, 0.05) is 6.42 Å². The zero-order valence-corrected chi connectivity index (χ0v) is 11.4. The maximum Gasteiger partial charge on any atom is 0.221 e. The number of nitrogens with zero attached hydrogens (tertiary/aromatic N) is 2. The van der Waals surface area contributed by atoms with Gasteiger partial charge in [-0.3, -0.25) is 0 Å². The second-order valence-corrected chi connectivity index (χ2v) is 5.14. The topological polar surface area (TPSA) is 61.0 Å². The van der Waals surface area contributed by atoms with Crippen LogP contribution in [-0.2, 0) is 6.42 Å². The molecule has 4 heteroatoms. The number of hydrogen-bond donors (Lipinski definition) is 1. The van der Waals surface area contributed by atoms with Crippen LogP contribution in [0.3, 0.4) is 0 Å². The summed E-state index contributed by atoms with van der Waals surface area (Å²) >= 11 is 0. The number of aromatic nitrogens is 2. The largest absolute Gasteiger partial charge is 0.477 e. The minimum absolute atomic E-state index is 0.548. The van der Waals surface area contributed by atoms with Crippen molar-refractivity contribution in [2.24, 2.45) is 5.92 Å². The zero-order chi connectivity index (χ0) is 13.0. The third-order valence-electron chi connectivity index (χ3n) is 3.65. The molecule has 0 amide bonds. The van der Waals surface area contributed by atoms with Gasteiger partial charge in [-0.15, -0.1) is 0 Å². The van der Waals surface area contributed by atoms with Crippen LogP contribution in [0.15, 0.2) is 0 Å². The second kappa shape index (κ2) is 6.03. The molecule has 0 radical (unpaired) electrons. The first-order valence-corrected chi connectivity index (χ1v) is 6.96. The Labute approximate surface area is 109 Å². The van der Waals surface area contributed by atoms with E-state index in [1.807, 2.05) is 6.92 Å². The summed E-state index contributed by atoms with van der Waals surface area (Å²) in [5.74, 6) is 2.87. The third kappa shape index (κ3) is 3.12. The van der Waals surface area contributed by atoms with Gasteiger partial charge < -0.3 is 10.5 Å². The normalized spacial score (nSPS) is 15.4. The van der Waals surface area contributed by atoms with Crippen LogP contribution in [0.2, 0.25) is 0 Å². The lowest BCUT2D eigenvalue weighted by Crippen LogP contribution is -2.15. The average Bonchev–Trinajstić information content (AvgIpc) is 2.28. The van der Waals surface area contributed by atoms with Gasteiger partial charge in [0.15, 0.2) is 0 Å². The molecular weight excluding hydrogens is 226 g/mol. The predicted octanol–water partition coefficient (Wildman–Crippen LogP) is 2.89. The van der Waals surface area contributed by atoms with Crippen molar-refractivity contribution in [3.8, 4) is 5.88 Å². The highest BCUT2D eigenvalue weighted by Crippen LogP contribution is 2.29. The molecule has 1 aliphatic rings. The molecule has 0 saturated heterocycles. The van der Waals surface area contributed by atoms with E-state index in [9.17, 15) is 0 Å². The van der Waals surface area contributed by atoms with E-state index in [4.69, 9.17) is 10.5 Å². The lowest BCUT2D eigenvalue weighted by atomic mass is 9.83. The van der Waals surface area contributed by atoms with Gasteiger partial charge in [0.05, 0.1) is 12.2 Å². The smallest absolute Gasteiger partial charge is 0.221 e. The molecule has 1 heterocycles. The molecule has 1 aromatic rings. The van der Waals surface area contributed by atoms with Gasteiger partial charge >= 0.3 is 0 Å². The number of rotatable bonds is 6. The molecule has 18 heavy (non-hydrogen) atoms. The molecule has 1 saturated carbocycles. The van der Waals surface area contributed by atoms with E-state index in [2.05, 4.69) is 16.9 Å². The molecule has 0 unspecified atom stereocenters. The maximum atomic E-state index is 5.89. The highest BCUT2D eigenvalue weighted by atomic mass is 16.5. The Morgan fingerprint density at radius 3 is 2.72 bits per heavy atom. The van der Waals surface area contributed by atoms with Crippen molar-refractivity contribution in [3.05, 3.63) is 11.4 Å². The number of ether oxygens (including phenoxy) is 1. The predicted molar refractivity (Wildman–Crippen MR) is 72.6 cm³/mol. The third-order valence-corrected chi connectivity index (χ3v) is 3.65. The summed E-state index contributed by atoms with van der Waals surface area (Å²) in [7, 11) is 0. The first-order chi connectivity index (χ1) is 8.70. The summed E-state index contributed by atoms with van der Waals surface area (Å²) in [4.78, 5) is 8.73. The average molecular weight is 249 g/mol. The van der Waals surface area contributed by atoms with E-state index >= 15 is 0 Å². The summed E-state index contributed by atoms with van der Waals surface area (Å²) < 4.78 is 5.78. The van der Waals surface area contributed by atoms with Gasteiger partial charge in [-0.25, -0.2) is 4.98 Å². The molecule has 0 aliphatic heterocycles. The summed E-state index contributed by atoms with van der Waals surface area (Å²) in [5.41, 5.74) is 6.75. The number of aryl methyl sites for hydroxylation is 1. The number of nitrogen functional groups attached to an aromatic ring is 1. The summed E-state index contributed by atoms with van der Waals surface area (Å²) in [6, 6.07) is 0. The molecular formula is C14H23N3O. The van der Waals surface area contributed by atoms with Crippen molar-refractivity contribution in [1.29, 1.82) is 0 Å². The Morgan fingerprint density at radius 2 is 2.11 bits per heavy atom. The standard InChI is InChI=1S/C14H23N3O/c1-3-5-12-16-13(15)10(2)14(17-12)18-9-8-11-6-4-7-11/h11H,3-9H2,1-2H3,(H2,15,16,17). The summed E-state index contributed by atoms with van der Waals surface area (Å²) in [5, 5.41) is 0. The Balaban J connectivity index is 1.96. The van der Waals surface area contributed by atoms with Crippen LogP contribution in [0.1, 0.15) is 50.4 Å². The van der Waals surface area contributed by atoms with Crippen LogP contribution in [0.25, 0.3) is 0 Å². The quantitative estimate of drug-likeness (QED) is 0.842. The highest BCUT2D eigenvalue weighted by Gasteiger charge is 2.17. The molecule has 1 fully saturated rings. The monoisotopic (exact) mass is 249 g/mol. The maximum absolute atomic E-state index is 5.89. The minimum Gasteiger partial charge on any atom is -0.477 e. The second-order valence-electron chi connectivity index (χ2n) is 5.14. The molecule has 2 rings (SSSR count). The van der Waals surface area contributed by atoms with Gasteiger partial charge in [0.2, 0.25) is 5.88 Å². The van der Waals surface area contributed by atoms with Crippen molar-refractivity contribution < 1.29 is 4.74 Å². The lowest BCUT2D eigenvalue weighted by molar-refractivity contribution is 0.216. The van der Waals surface area contributed by atoms with Crippen molar-refractivity contribution in [2.45, 2.75) is 52.4 Å². The van der Waals surface area contributed by atoms with Gasteiger partial charge in [0.25, 0.3) is 0 Å². The molecule has 0 atom stereocenters.